The smallest absolute Gasteiger partial charge is 0.348 e. The Hall–Kier alpha value is -5.31. The highest BCUT2D eigenvalue weighted by Gasteiger charge is 2.29. The fraction of sp³-hybridized carbons (Fsp3) is 0.100. The van der Waals surface area contributed by atoms with E-state index in [1.807, 2.05) is 0 Å². The van der Waals surface area contributed by atoms with Crippen molar-refractivity contribution < 1.29 is 43.2 Å². The summed E-state index contributed by atoms with van der Waals surface area (Å²) in [5, 5.41) is 10.2. The van der Waals surface area contributed by atoms with Crippen LogP contribution in [0.3, 0.4) is 0 Å². The Labute approximate surface area is 224 Å². The summed E-state index contributed by atoms with van der Waals surface area (Å²) in [7, 11) is 4.50. The molecule has 0 amide bonds. The van der Waals surface area contributed by atoms with Crippen LogP contribution in [-0.4, -0.2) is 44.3 Å². The van der Waals surface area contributed by atoms with E-state index < -0.39 is 29.0 Å². The Morgan fingerprint density at radius 1 is 0.538 bits per heavy atom. The quantitative estimate of drug-likeness (QED) is 0.221. The van der Waals surface area contributed by atoms with Gasteiger partial charge in [-0.3, -0.25) is 0 Å². The van der Waals surface area contributed by atoms with Crippen LogP contribution >= 0.6 is 0 Å². The zero-order valence-corrected chi connectivity index (χ0v) is 21.3. The van der Waals surface area contributed by atoms with E-state index in [1.54, 1.807) is 48.5 Å². The molecule has 198 valence electrons. The first-order chi connectivity index (χ1) is 18.8. The highest BCUT2D eigenvalue weighted by molar-refractivity contribution is 6.10. The van der Waals surface area contributed by atoms with Gasteiger partial charge < -0.3 is 28.8 Å². The number of carbonyl (C=O) groups excluding carboxylic acids is 2. The number of carbonyl (C=O) groups is 3. The summed E-state index contributed by atoms with van der Waals surface area (Å²) in [5.41, 5.74) is 0.0735. The summed E-state index contributed by atoms with van der Waals surface area (Å²) in [6.45, 7) is 0. The molecule has 0 radical (unpaired) electrons. The first kappa shape index (κ1) is 26.7. The van der Waals surface area contributed by atoms with Crippen LogP contribution < -0.4 is 23.7 Å². The minimum absolute atomic E-state index is 0.138. The minimum Gasteiger partial charge on any atom is -0.497 e. The van der Waals surface area contributed by atoms with Crippen LogP contribution in [0.15, 0.2) is 84.9 Å². The predicted molar refractivity (Wildman–Crippen MR) is 141 cm³/mol. The van der Waals surface area contributed by atoms with E-state index in [-0.39, 0.29) is 22.6 Å². The van der Waals surface area contributed by atoms with Crippen molar-refractivity contribution in [2.24, 2.45) is 0 Å². The number of hydrogen-bond acceptors (Lipinski definition) is 8. The van der Waals surface area contributed by atoms with Gasteiger partial charge in [-0.2, -0.15) is 0 Å². The molecule has 0 atom stereocenters. The van der Waals surface area contributed by atoms with E-state index in [0.717, 1.165) is 0 Å². The molecular weight excluding hydrogens is 504 g/mol. The Kier molecular flexibility index (Phi) is 8.11. The van der Waals surface area contributed by atoms with Gasteiger partial charge in [0.2, 0.25) is 0 Å². The predicted octanol–water partition coefficient (Wildman–Crippen LogP) is 5.52. The summed E-state index contributed by atoms with van der Waals surface area (Å²) in [6.07, 6.45) is 0. The molecule has 9 nitrogen and oxygen atoms in total. The number of ether oxygens (including phenoxy) is 5. The summed E-state index contributed by atoms with van der Waals surface area (Å²) in [5.74, 6) is -1.73. The Morgan fingerprint density at radius 2 is 1.03 bits per heavy atom. The van der Waals surface area contributed by atoms with Crippen molar-refractivity contribution in [3.05, 3.63) is 102 Å². The van der Waals surface area contributed by atoms with Crippen molar-refractivity contribution in [3.8, 4) is 39.9 Å². The SMILES string of the molecule is COc1ccc(OC(=O)c2c(OC(=O)c3ccc(OC)cc3)ccc(-c3ccc(OC)cc3)c2C(=O)O)cc1. The van der Waals surface area contributed by atoms with Crippen molar-refractivity contribution in [2.75, 3.05) is 21.3 Å². The molecule has 0 saturated heterocycles. The minimum atomic E-state index is -1.41. The van der Waals surface area contributed by atoms with Crippen molar-refractivity contribution in [3.63, 3.8) is 0 Å². The standard InChI is InChI=1S/C30H24O9/c1-35-20-8-4-18(5-9-20)24-16-17-25(39-29(33)19-6-10-21(36-2)11-7-19)27(26(24)28(31)32)30(34)38-23-14-12-22(37-3)13-15-23/h4-17H,1-3H3,(H,31,32). The second-order valence-corrected chi connectivity index (χ2v) is 8.08. The van der Waals surface area contributed by atoms with Gasteiger partial charge in [0.25, 0.3) is 0 Å². The van der Waals surface area contributed by atoms with Gasteiger partial charge in [-0.1, -0.05) is 12.1 Å². The molecule has 0 saturated carbocycles. The van der Waals surface area contributed by atoms with Gasteiger partial charge in [-0.15, -0.1) is 0 Å². The number of methoxy groups -OCH3 is 3. The fourth-order valence-electron chi connectivity index (χ4n) is 3.79. The molecule has 0 aliphatic heterocycles. The number of carboxylic acids is 1. The van der Waals surface area contributed by atoms with Crippen molar-refractivity contribution in [1.29, 1.82) is 0 Å². The number of aromatic carboxylic acids is 1. The lowest BCUT2D eigenvalue weighted by molar-refractivity contribution is 0.0654. The van der Waals surface area contributed by atoms with E-state index in [4.69, 9.17) is 23.7 Å². The highest BCUT2D eigenvalue weighted by Crippen LogP contribution is 2.35. The molecular formula is C30H24O9. The summed E-state index contributed by atoms with van der Waals surface area (Å²) in [6, 6.07) is 21.7. The molecule has 4 aromatic rings. The fourth-order valence-corrected chi connectivity index (χ4v) is 3.79. The first-order valence-corrected chi connectivity index (χ1v) is 11.6. The highest BCUT2D eigenvalue weighted by atomic mass is 16.6. The van der Waals surface area contributed by atoms with Gasteiger partial charge in [0.05, 0.1) is 32.5 Å². The third kappa shape index (κ3) is 5.99. The van der Waals surface area contributed by atoms with Crippen LogP contribution in [0.25, 0.3) is 11.1 Å². The summed E-state index contributed by atoms with van der Waals surface area (Å²) < 4.78 is 26.4. The Morgan fingerprint density at radius 3 is 1.54 bits per heavy atom. The van der Waals surface area contributed by atoms with Crippen LogP contribution in [-0.2, 0) is 0 Å². The topological polar surface area (TPSA) is 118 Å². The molecule has 4 rings (SSSR count). The first-order valence-electron chi connectivity index (χ1n) is 11.6. The second-order valence-electron chi connectivity index (χ2n) is 8.08. The molecule has 4 aromatic carbocycles. The molecule has 0 bridgehead atoms. The average molecular weight is 529 g/mol. The summed E-state index contributed by atoms with van der Waals surface area (Å²) >= 11 is 0. The molecule has 0 spiro atoms. The molecule has 0 fully saturated rings. The molecule has 0 heterocycles. The molecule has 1 N–H and O–H groups in total. The third-order valence-corrected chi connectivity index (χ3v) is 5.78. The molecule has 0 unspecified atom stereocenters. The molecule has 0 aliphatic rings. The van der Waals surface area contributed by atoms with E-state index in [9.17, 15) is 19.5 Å². The number of carboxylic acid groups (broad SMARTS) is 1. The maximum Gasteiger partial charge on any atom is 0.348 e. The Bertz CT molecular complexity index is 1490. The van der Waals surface area contributed by atoms with Crippen molar-refractivity contribution >= 4 is 17.9 Å². The number of benzene rings is 4. The third-order valence-electron chi connectivity index (χ3n) is 5.78. The van der Waals surface area contributed by atoms with E-state index in [0.29, 0.717) is 22.8 Å². The maximum atomic E-state index is 13.5. The van der Waals surface area contributed by atoms with Crippen LogP contribution in [0.2, 0.25) is 0 Å². The van der Waals surface area contributed by atoms with Gasteiger partial charge in [0, 0.05) is 0 Å². The number of rotatable bonds is 9. The van der Waals surface area contributed by atoms with Crippen LogP contribution in [0.1, 0.15) is 31.1 Å². The van der Waals surface area contributed by atoms with E-state index in [1.165, 1.54) is 57.7 Å². The van der Waals surface area contributed by atoms with Gasteiger partial charge in [0.1, 0.15) is 34.3 Å². The van der Waals surface area contributed by atoms with E-state index in [2.05, 4.69) is 0 Å². The lowest BCUT2D eigenvalue weighted by atomic mass is 9.94. The normalized spacial score (nSPS) is 10.3. The molecule has 39 heavy (non-hydrogen) atoms. The molecule has 0 aliphatic carbocycles. The van der Waals surface area contributed by atoms with Crippen molar-refractivity contribution in [2.45, 2.75) is 0 Å². The zero-order chi connectivity index (χ0) is 27.9. The van der Waals surface area contributed by atoms with Crippen molar-refractivity contribution in [1.82, 2.24) is 0 Å². The number of hydrogen-bond donors (Lipinski definition) is 1. The number of esters is 2. The van der Waals surface area contributed by atoms with Gasteiger partial charge >= 0.3 is 17.9 Å². The lowest BCUT2D eigenvalue weighted by Gasteiger charge is -2.16. The maximum absolute atomic E-state index is 13.5. The zero-order valence-electron chi connectivity index (χ0n) is 21.3. The van der Waals surface area contributed by atoms with Crippen LogP contribution in [0.4, 0.5) is 0 Å². The average Bonchev–Trinajstić information content (AvgIpc) is 2.97. The van der Waals surface area contributed by atoms with Gasteiger partial charge in [-0.25, -0.2) is 14.4 Å². The molecule has 9 heteroatoms. The lowest BCUT2D eigenvalue weighted by Crippen LogP contribution is -2.19. The van der Waals surface area contributed by atoms with Gasteiger partial charge in [0.15, 0.2) is 0 Å². The second kappa shape index (κ2) is 11.8. The van der Waals surface area contributed by atoms with Crippen LogP contribution in [0, 0.1) is 0 Å². The monoisotopic (exact) mass is 528 g/mol. The van der Waals surface area contributed by atoms with Gasteiger partial charge in [-0.05, 0) is 83.9 Å². The largest absolute Gasteiger partial charge is 0.497 e. The Balaban J connectivity index is 1.80. The van der Waals surface area contributed by atoms with E-state index >= 15 is 0 Å². The summed E-state index contributed by atoms with van der Waals surface area (Å²) in [4.78, 5) is 38.9. The van der Waals surface area contributed by atoms with Crippen LogP contribution in [0.5, 0.6) is 28.7 Å². The molecule has 0 aromatic heterocycles.